The fraction of sp³-hybridized carbons (Fsp3) is 0.143. The van der Waals surface area contributed by atoms with Crippen LogP contribution >= 0.6 is 0 Å². The third-order valence-corrected chi connectivity index (χ3v) is 2.23. The molecule has 0 saturated heterocycles. The molecule has 2 aromatic rings. The Morgan fingerprint density at radius 3 is 2.50 bits per heavy atom. The maximum atomic E-state index is 11.8. The van der Waals surface area contributed by atoms with Crippen molar-refractivity contribution in [1.29, 1.82) is 0 Å². The first-order valence-corrected chi connectivity index (χ1v) is 5.66. The predicted octanol–water partition coefficient (Wildman–Crippen LogP) is 2.70. The van der Waals surface area contributed by atoms with Gasteiger partial charge < -0.3 is 9.47 Å². The van der Waals surface area contributed by atoms with Gasteiger partial charge in [0.05, 0.1) is 6.61 Å². The van der Waals surface area contributed by atoms with Crippen molar-refractivity contribution in [2.45, 2.75) is 6.92 Å². The van der Waals surface area contributed by atoms with Crippen LogP contribution in [0.25, 0.3) is 0 Å². The number of nitrogens with zero attached hydrogens (tertiary/aromatic N) is 1. The second-order valence-corrected chi connectivity index (χ2v) is 3.48. The molecule has 0 aliphatic heterocycles. The van der Waals surface area contributed by atoms with Gasteiger partial charge in [-0.15, -0.1) is 0 Å². The quantitative estimate of drug-likeness (QED) is 0.612. The van der Waals surface area contributed by atoms with Crippen molar-refractivity contribution in [3.63, 3.8) is 0 Å². The molecule has 0 amide bonds. The van der Waals surface area contributed by atoms with E-state index in [1.165, 1.54) is 0 Å². The fourth-order valence-electron chi connectivity index (χ4n) is 1.44. The molecule has 0 fully saturated rings. The molecule has 92 valence electrons. The van der Waals surface area contributed by atoms with E-state index in [9.17, 15) is 4.79 Å². The zero-order valence-electron chi connectivity index (χ0n) is 10.00. The van der Waals surface area contributed by atoms with E-state index in [4.69, 9.17) is 9.47 Å². The van der Waals surface area contributed by atoms with Crippen molar-refractivity contribution in [3.05, 3.63) is 54.4 Å². The van der Waals surface area contributed by atoms with Crippen LogP contribution < -0.4 is 9.47 Å². The zero-order valence-corrected chi connectivity index (χ0v) is 10.00. The lowest BCUT2D eigenvalue weighted by molar-refractivity contribution is 0.0722. The number of pyridine rings is 1. The summed E-state index contributed by atoms with van der Waals surface area (Å²) in [5, 5.41) is 0. The summed E-state index contributed by atoms with van der Waals surface area (Å²) >= 11 is 0. The molecule has 0 aliphatic carbocycles. The van der Waals surface area contributed by atoms with Gasteiger partial charge in [0.25, 0.3) is 0 Å². The summed E-state index contributed by atoms with van der Waals surface area (Å²) in [5.74, 6) is 0.446. The predicted molar refractivity (Wildman–Crippen MR) is 66.8 cm³/mol. The summed E-state index contributed by atoms with van der Waals surface area (Å²) in [6, 6.07) is 12.1. The molecule has 1 heterocycles. The first-order valence-electron chi connectivity index (χ1n) is 5.66. The Morgan fingerprint density at radius 1 is 1.11 bits per heavy atom. The highest BCUT2D eigenvalue weighted by molar-refractivity contribution is 5.89. The van der Waals surface area contributed by atoms with Gasteiger partial charge in [0.2, 0.25) is 0 Å². The molecule has 0 spiro atoms. The van der Waals surface area contributed by atoms with Crippen LogP contribution in [-0.4, -0.2) is 17.6 Å². The molecule has 0 N–H and O–H groups in total. The maximum absolute atomic E-state index is 11.8. The van der Waals surface area contributed by atoms with Crippen LogP contribution in [0.1, 0.15) is 17.4 Å². The second kappa shape index (κ2) is 5.82. The molecule has 0 aliphatic rings. The Labute approximate surface area is 105 Å². The highest BCUT2D eigenvalue weighted by Gasteiger charge is 2.12. The topological polar surface area (TPSA) is 48.4 Å². The van der Waals surface area contributed by atoms with Crippen molar-refractivity contribution in [3.8, 4) is 11.5 Å². The number of aromatic nitrogens is 1. The summed E-state index contributed by atoms with van der Waals surface area (Å²) in [5.41, 5.74) is 0.267. The van der Waals surface area contributed by atoms with Crippen molar-refractivity contribution in [2.75, 3.05) is 6.61 Å². The van der Waals surface area contributed by atoms with Crippen LogP contribution in [0.15, 0.2) is 48.7 Å². The van der Waals surface area contributed by atoms with Gasteiger partial charge >= 0.3 is 5.97 Å². The van der Waals surface area contributed by atoms with Gasteiger partial charge in [0.1, 0.15) is 5.69 Å². The third kappa shape index (κ3) is 2.85. The summed E-state index contributed by atoms with van der Waals surface area (Å²) < 4.78 is 10.6. The van der Waals surface area contributed by atoms with Gasteiger partial charge in [-0.3, -0.25) is 0 Å². The summed E-state index contributed by atoms with van der Waals surface area (Å²) in [7, 11) is 0. The molecule has 0 radical (unpaired) electrons. The maximum Gasteiger partial charge on any atom is 0.362 e. The van der Waals surface area contributed by atoms with Gasteiger partial charge in [0.15, 0.2) is 11.5 Å². The van der Waals surface area contributed by atoms with Gasteiger partial charge in [-0.05, 0) is 31.2 Å². The minimum Gasteiger partial charge on any atom is -0.490 e. The zero-order chi connectivity index (χ0) is 12.8. The Kier molecular flexibility index (Phi) is 3.91. The van der Waals surface area contributed by atoms with E-state index in [1.54, 1.807) is 42.6 Å². The van der Waals surface area contributed by atoms with Crippen LogP contribution in [0.4, 0.5) is 0 Å². The molecule has 2 rings (SSSR count). The molecule has 0 saturated carbocycles. The highest BCUT2D eigenvalue weighted by Crippen LogP contribution is 2.26. The normalized spacial score (nSPS) is 9.83. The molecule has 0 atom stereocenters. The van der Waals surface area contributed by atoms with Crippen LogP contribution in [-0.2, 0) is 0 Å². The van der Waals surface area contributed by atoms with E-state index in [0.29, 0.717) is 18.1 Å². The lowest BCUT2D eigenvalue weighted by Crippen LogP contribution is -2.11. The smallest absolute Gasteiger partial charge is 0.362 e. The van der Waals surface area contributed by atoms with Gasteiger partial charge in [-0.25, -0.2) is 9.78 Å². The molecule has 0 bridgehead atoms. The van der Waals surface area contributed by atoms with Crippen LogP contribution in [0.3, 0.4) is 0 Å². The average Bonchev–Trinajstić information content (AvgIpc) is 2.42. The Morgan fingerprint density at radius 2 is 1.83 bits per heavy atom. The SMILES string of the molecule is CCOc1ccccc1OC(=O)c1ccccn1. The summed E-state index contributed by atoms with van der Waals surface area (Å²) in [6.45, 7) is 2.38. The largest absolute Gasteiger partial charge is 0.490 e. The van der Waals surface area contributed by atoms with E-state index in [1.807, 2.05) is 13.0 Å². The Hall–Kier alpha value is -2.36. The fourth-order valence-corrected chi connectivity index (χ4v) is 1.44. The van der Waals surface area contributed by atoms with Crippen LogP contribution in [0.2, 0.25) is 0 Å². The number of rotatable bonds is 4. The van der Waals surface area contributed by atoms with Crippen molar-refractivity contribution < 1.29 is 14.3 Å². The molecular weight excluding hydrogens is 230 g/mol. The molecule has 1 aromatic heterocycles. The number of hydrogen-bond donors (Lipinski definition) is 0. The summed E-state index contributed by atoms with van der Waals surface area (Å²) in [4.78, 5) is 15.8. The number of ether oxygens (including phenoxy) is 2. The summed E-state index contributed by atoms with van der Waals surface area (Å²) in [6.07, 6.45) is 1.55. The second-order valence-electron chi connectivity index (χ2n) is 3.48. The first-order chi connectivity index (χ1) is 8.81. The van der Waals surface area contributed by atoms with Gasteiger partial charge in [-0.2, -0.15) is 0 Å². The molecule has 0 unspecified atom stereocenters. The van der Waals surface area contributed by atoms with Crippen molar-refractivity contribution >= 4 is 5.97 Å². The monoisotopic (exact) mass is 243 g/mol. The lowest BCUT2D eigenvalue weighted by Gasteiger charge is -2.09. The average molecular weight is 243 g/mol. The minimum atomic E-state index is -0.497. The Bertz CT molecular complexity index is 526. The number of hydrogen-bond acceptors (Lipinski definition) is 4. The number of carbonyl (C=O) groups excluding carboxylic acids is 1. The van der Waals surface area contributed by atoms with Crippen LogP contribution in [0.5, 0.6) is 11.5 Å². The van der Waals surface area contributed by atoms with Crippen LogP contribution in [0, 0.1) is 0 Å². The lowest BCUT2D eigenvalue weighted by atomic mass is 10.3. The molecule has 18 heavy (non-hydrogen) atoms. The van der Waals surface area contributed by atoms with E-state index < -0.39 is 5.97 Å². The first kappa shape index (κ1) is 12.1. The van der Waals surface area contributed by atoms with Crippen molar-refractivity contribution in [1.82, 2.24) is 4.98 Å². The molecular formula is C14H13NO3. The van der Waals surface area contributed by atoms with E-state index >= 15 is 0 Å². The molecule has 1 aromatic carbocycles. The molecule has 4 heteroatoms. The minimum absolute atomic E-state index is 0.267. The van der Waals surface area contributed by atoms with E-state index in [0.717, 1.165) is 0 Å². The highest BCUT2D eigenvalue weighted by atomic mass is 16.6. The van der Waals surface area contributed by atoms with Gasteiger partial charge in [0, 0.05) is 6.20 Å². The standard InChI is InChI=1S/C14H13NO3/c1-2-17-12-8-3-4-9-13(12)18-14(16)11-7-5-6-10-15-11/h3-10H,2H2,1H3. The van der Waals surface area contributed by atoms with E-state index in [-0.39, 0.29) is 5.69 Å². The molecule has 4 nitrogen and oxygen atoms in total. The number of para-hydroxylation sites is 2. The number of benzene rings is 1. The number of esters is 1. The van der Waals surface area contributed by atoms with Gasteiger partial charge in [-0.1, -0.05) is 18.2 Å². The van der Waals surface area contributed by atoms with Crippen molar-refractivity contribution in [2.24, 2.45) is 0 Å². The third-order valence-electron chi connectivity index (χ3n) is 2.23. The Balaban J connectivity index is 2.17. The van der Waals surface area contributed by atoms with E-state index in [2.05, 4.69) is 4.98 Å². The number of carbonyl (C=O) groups is 1.